The van der Waals surface area contributed by atoms with Gasteiger partial charge in [0.1, 0.15) is 10.7 Å². The summed E-state index contributed by atoms with van der Waals surface area (Å²) in [5.74, 6) is -0.356. The minimum atomic E-state index is -0.158. The van der Waals surface area contributed by atoms with Crippen LogP contribution in [0.25, 0.3) is 21.6 Å². The second kappa shape index (κ2) is 9.62. The fraction of sp³-hybridized carbons (Fsp3) is 0.435. The number of carbonyl (C=O) groups excluding carboxylic acids is 2. The summed E-state index contributed by atoms with van der Waals surface area (Å²) in [7, 11) is 1.69. The first-order valence-corrected chi connectivity index (χ1v) is 11.5. The van der Waals surface area contributed by atoms with E-state index in [4.69, 9.17) is 9.47 Å². The van der Waals surface area contributed by atoms with Gasteiger partial charge < -0.3 is 18.9 Å². The third-order valence-electron chi connectivity index (χ3n) is 5.67. The van der Waals surface area contributed by atoms with Gasteiger partial charge in [-0.2, -0.15) is 0 Å². The third-order valence-corrected chi connectivity index (χ3v) is 6.54. The maximum atomic E-state index is 13.0. The lowest BCUT2D eigenvalue weighted by Crippen LogP contribution is -2.40. The fourth-order valence-corrected chi connectivity index (χ4v) is 4.86. The van der Waals surface area contributed by atoms with Gasteiger partial charge in [0.15, 0.2) is 0 Å². The van der Waals surface area contributed by atoms with Crippen molar-refractivity contribution in [3.63, 3.8) is 0 Å². The number of rotatable bonds is 7. The molecule has 164 valence electrons. The summed E-state index contributed by atoms with van der Waals surface area (Å²) >= 11 is 1.48. The number of carbonyl (C=O) groups is 2. The molecule has 3 aromatic rings. The number of hydrogen-bond acceptors (Lipinski definition) is 6. The zero-order valence-corrected chi connectivity index (χ0v) is 18.7. The smallest absolute Gasteiger partial charge is 0.309 e. The Morgan fingerprint density at radius 3 is 2.74 bits per heavy atom. The quantitative estimate of drug-likeness (QED) is 0.521. The van der Waals surface area contributed by atoms with E-state index in [0.29, 0.717) is 51.4 Å². The summed E-state index contributed by atoms with van der Waals surface area (Å²) < 4.78 is 12.6. The van der Waals surface area contributed by atoms with Gasteiger partial charge in [0.2, 0.25) is 0 Å². The molecule has 1 aromatic carbocycles. The van der Waals surface area contributed by atoms with Crippen molar-refractivity contribution >= 4 is 34.1 Å². The van der Waals surface area contributed by atoms with E-state index in [9.17, 15) is 9.59 Å². The molecular weight excluding hydrogens is 414 g/mol. The van der Waals surface area contributed by atoms with E-state index in [1.165, 1.54) is 11.3 Å². The van der Waals surface area contributed by atoms with E-state index in [-0.39, 0.29) is 17.8 Å². The lowest BCUT2D eigenvalue weighted by molar-refractivity contribution is -0.149. The van der Waals surface area contributed by atoms with Crippen LogP contribution in [0.4, 0.5) is 0 Å². The zero-order chi connectivity index (χ0) is 21.8. The van der Waals surface area contributed by atoms with Crippen LogP contribution in [0, 0.1) is 5.92 Å². The standard InChI is InChI=1S/C23H27N3O4S/c1-3-30-23(28)16-8-10-25(11-9-16)22(27)18-15-31-21(24-18)20-14-17-6-4-5-7-19(17)26(20)12-13-29-2/h4-7,14-16H,3,8-13H2,1-2H3. The van der Waals surface area contributed by atoms with E-state index < -0.39 is 0 Å². The first-order valence-electron chi connectivity index (χ1n) is 10.6. The molecule has 0 N–H and O–H groups in total. The molecule has 0 atom stereocenters. The summed E-state index contributed by atoms with van der Waals surface area (Å²) in [5.41, 5.74) is 2.57. The van der Waals surface area contributed by atoms with E-state index >= 15 is 0 Å². The Balaban J connectivity index is 1.51. The highest BCUT2D eigenvalue weighted by Crippen LogP contribution is 2.31. The lowest BCUT2D eigenvalue weighted by atomic mass is 9.97. The molecule has 8 heteroatoms. The largest absolute Gasteiger partial charge is 0.466 e. The van der Waals surface area contributed by atoms with Gasteiger partial charge >= 0.3 is 5.97 Å². The Morgan fingerprint density at radius 1 is 1.23 bits per heavy atom. The number of amides is 1. The number of hydrogen-bond donors (Lipinski definition) is 0. The topological polar surface area (TPSA) is 73.7 Å². The highest BCUT2D eigenvalue weighted by molar-refractivity contribution is 7.13. The molecule has 1 aliphatic rings. The molecule has 0 saturated carbocycles. The van der Waals surface area contributed by atoms with Crippen molar-refractivity contribution in [2.45, 2.75) is 26.3 Å². The predicted molar refractivity (Wildman–Crippen MR) is 120 cm³/mol. The van der Waals surface area contributed by atoms with Crippen molar-refractivity contribution in [3.8, 4) is 10.7 Å². The third kappa shape index (κ3) is 4.50. The van der Waals surface area contributed by atoms with E-state index in [0.717, 1.165) is 21.6 Å². The van der Waals surface area contributed by atoms with Gasteiger partial charge in [-0.1, -0.05) is 18.2 Å². The van der Waals surface area contributed by atoms with Gasteiger partial charge in [0, 0.05) is 43.0 Å². The normalized spacial score (nSPS) is 14.8. The van der Waals surface area contributed by atoms with Gasteiger partial charge in [-0.15, -0.1) is 11.3 Å². The Labute approximate surface area is 185 Å². The van der Waals surface area contributed by atoms with Crippen LogP contribution in [0.2, 0.25) is 0 Å². The van der Waals surface area contributed by atoms with Crippen LogP contribution in [0.1, 0.15) is 30.3 Å². The summed E-state index contributed by atoms with van der Waals surface area (Å²) in [5, 5.41) is 3.78. The molecule has 1 saturated heterocycles. The number of aromatic nitrogens is 2. The van der Waals surface area contributed by atoms with Crippen LogP contribution in [0.3, 0.4) is 0 Å². The molecule has 0 radical (unpaired) electrons. The highest BCUT2D eigenvalue weighted by Gasteiger charge is 2.29. The van der Waals surface area contributed by atoms with Crippen molar-refractivity contribution in [1.82, 2.24) is 14.5 Å². The Bertz CT molecular complexity index is 1070. The van der Waals surface area contributed by atoms with Gasteiger partial charge in [-0.05, 0) is 31.9 Å². The van der Waals surface area contributed by atoms with Crippen molar-refractivity contribution < 1.29 is 19.1 Å². The Kier molecular flexibility index (Phi) is 6.67. The molecule has 31 heavy (non-hydrogen) atoms. The van der Waals surface area contributed by atoms with Gasteiger partial charge in [0.05, 0.1) is 24.8 Å². The zero-order valence-electron chi connectivity index (χ0n) is 17.9. The molecule has 1 amide bonds. The maximum absolute atomic E-state index is 13.0. The Morgan fingerprint density at radius 2 is 2.00 bits per heavy atom. The summed E-state index contributed by atoms with van der Waals surface area (Å²) in [6, 6.07) is 10.3. The number of para-hydroxylation sites is 1. The second-order valence-corrected chi connectivity index (χ2v) is 8.45. The van der Waals surface area contributed by atoms with Gasteiger partial charge in [-0.3, -0.25) is 9.59 Å². The molecule has 0 unspecified atom stereocenters. The molecule has 1 aliphatic heterocycles. The monoisotopic (exact) mass is 441 g/mol. The number of methoxy groups -OCH3 is 1. The van der Waals surface area contributed by atoms with Gasteiger partial charge in [-0.25, -0.2) is 4.98 Å². The second-order valence-electron chi connectivity index (χ2n) is 7.59. The van der Waals surface area contributed by atoms with Crippen molar-refractivity contribution in [2.24, 2.45) is 5.92 Å². The number of ether oxygens (including phenoxy) is 2. The SMILES string of the molecule is CCOC(=O)C1CCN(C(=O)c2csc(-c3cc4ccccc4n3CCOC)n2)CC1. The molecule has 2 aromatic heterocycles. The summed E-state index contributed by atoms with van der Waals surface area (Å²) in [4.78, 5) is 31.4. The average molecular weight is 442 g/mol. The van der Waals surface area contributed by atoms with Crippen molar-refractivity contribution in [1.29, 1.82) is 0 Å². The molecule has 1 fully saturated rings. The summed E-state index contributed by atoms with van der Waals surface area (Å²) in [6.07, 6.45) is 1.26. The van der Waals surface area contributed by atoms with Crippen LogP contribution < -0.4 is 0 Å². The highest BCUT2D eigenvalue weighted by atomic mass is 32.1. The van der Waals surface area contributed by atoms with Crippen LogP contribution in [0.15, 0.2) is 35.7 Å². The predicted octanol–water partition coefficient (Wildman–Crippen LogP) is 3.83. The van der Waals surface area contributed by atoms with E-state index in [2.05, 4.69) is 27.8 Å². The number of piperidine rings is 1. The van der Waals surface area contributed by atoms with Crippen molar-refractivity contribution in [3.05, 3.63) is 41.4 Å². The number of esters is 1. The minimum absolute atomic E-state index is 0.0793. The number of likely N-dealkylation sites (tertiary alicyclic amines) is 1. The van der Waals surface area contributed by atoms with Crippen molar-refractivity contribution in [2.75, 3.05) is 33.4 Å². The number of benzene rings is 1. The maximum Gasteiger partial charge on any atom is 0.309 e. The minimum Gasteiger partial charge on any atom is -0.466 e. The average Bonchev–Trinajstić information content (AvgIpc) is 3.42. The molecule has 4 rings (SSSR count). The summed E-state index contributed by atoms with van der Waals surface area (Å²) in [6.45, 7) is 4.60. The molecule has 0 bridgehead atoms. The van der Waals surface area contributed by atoms with Crippen LogP contribution in [-0.4, -0.2) is 59.7 Å². The number of thiazole rings is 1. The first-order chi connectivity index (χ1) is 15.1. The molecule has 0 aliphatic carbocycles. The molecule has 0 spiro atoms. The van der Waals surface area contributed by atoms with Gasteiger partial charge in [0.25, 0.3) is 5.91 Å². The van der Waals surface area contributed by atoms with Crippen LogP contribution in [-0.2, 0) is 20.8 Å². The van der Waals surface area contributed by atoms with E-state index in [1.807, 2.05) is 24.4 Å². The van der Waals surface area contributed by atoms with Crippen LogP contribution >= 0.6 is 11.3 Å². The van der Waals surface area contributed by atoms with E-state index in [1.54, 1.807) is 12.0 Å². The molecule has 3 heterocycles. The Hall–Kier alpha value is -2.71. The fourth-order valence-electron chi connectivity index (χ4n) is 4.04. The number of fused-ring (bicyclic) bond motifs is 1. The lowest BCUT2D eigenvalue weighted by Gasteiger charge is -2.30. The number of nitrogens with zero attached hydrogens (tertiary/aromatic N) is 3. The van der Waals surface area contributed by atoms with Crippen LogP contribution in [0.5, 0.6) is 0 Å². The molecule has 7 nitrogen and oxygen atoms in total. The molecular formula is C23H27N3O4S. The first kappa shape index (κ1) is 21.5.